The van der Waals surface area contributed by atoms with Gasteiger partial charge in [-0.2, -0.15) is 0 Å². The number of aryl methyl sites for hydroxylation is 2. The average molecular weight is 473 g/mol. The molecule has 164 valence electrons. The summed E-state index contributed by atoms with van der Waals surface area (Å²) in [5, 5.41) is 1.70. The van der Waals surface area contributed by atoms with Crippen LogP contribution in [0.25, 0.3) is 26.8 Å². The number of para-hydroxylation sites is 2. The summed E-state index contributed by atoms with van der Waals surface area (Å²) in [6.45, 7) is 1.97. The molecule has 0 fully saturated rings. The smallest absolute Gasteiger partial charge is 0.267 e. The zero-order chi connectivity index (χ0) is 22.5. The first kappa shape index (κ1) is 20.4. The van der Waals surface area contributed by atoms with E-state index in [1.807, 2.05) is 55.5 Å². The third-order valence-corrected chi connectivity index (χ3v) is 8.27. The molecular formula is C25H20N4O2S2. The lowest BCUT2D eigenvalue weighted by molar-refractivity contribution is 0.810. The predicted octanol–water partition coefficient (Wildman–Crippen LogP) is 5.03. The molecule has 0 saturated heterocycles. The van der Waals surface area contributed by atoms with Crippen LogP contribution in [-0.2, 0) is 12.8 Å². The number of H-pyrrole nitrogens is 1. The quantitative estimate of drug-likeness (QED) is 0.293. The molecule has 2 aromatic carbocycles. The van der Waals surface area contributed by atoms with Crippen LogP contribution in [0.4, 0.5) is 0 Å². The molecule has 3 heterocycles. The van der Waals surface area contributed by atoms with Crippen LogP contribution in [0, 0.1) is 0 Å². The van der Waals surface area contributed by atoms with Gasteiger partial charge < -0.3 is 4.98 Å². The van der Waals surface area contributed by atoms with Gasteiger partial charge in [0.05, 0.1) is 27.2 Å². The van der Waals surface area contributed by atoms with Crippen molar-refractivity contribution < 1.29 is 0 Å². The summed E-state index contributed by atoms with van der Waals surface area (Å²) in [7, 11) is 0. The first-order valence-corrected chi connectivity index (χ1v) is 12.6. The first-order valence-electron chi connectivity index (χ1n) is 10.9. The number of nitrogens with one attached hydrogen (secondary N) is 1. The van der Waals surface area contributed by atoms with Gasteiger partial charge in [0, 0.05) is 4.88 Å². The molecule has 6 rings (SSSR count). The monoisotopic (exact) mass is 472 g/mol. The van der Waals surface area contributed by atoms with E-state index in [4.69, 9.17) is 4.98 Å². The van der Waals surface area contributed by atoms with Crippen molar-refractivity contribution in [2.75, 3.05) is 0 Å². The number of aromatic nitrogens is 4. The van der Waals surface area contributed by atoms with Gasteiger partial charge in [-0.05, 0) is 56.0 Å². The number of benzene rings is 2. The Morgan fingerprint density at radius 1 is 1.03 bits per heavy atom. The molecule has 1 N–H and O–H groups in total. The van der Waals surface area contributed by atoms with Crippen LogP contribution in [0.1, 0.15) is 34.9 Å². The molecule has 5 aromatic rings. The Kier molecular flexibility index (Phi) is 4.92. The molecule has 0 radical (unpaired) electrons. The number of rotatable bonds is 4. The summed E-state index contributed by atoms with van der Waals surface area (Å²) in [4.78, 5) is 41.0. The number of hydrogen-bond donors (Lipinski definition) is 1. The highest BCUT2D eigenvalue weighted by Crippen LogP contribution is 2.38. The van der Waals surface area contributed by atoms with Gasteiger partial charge in [-0.25, -0.2) is 9.97 Å². The largest absolute Gasteiger partial charge is 0.309 e. The van der Waals surface area contributed by atoms with Crippen LogP contribution in [0.15, 0.2) is 69.3 Å². The van der Waals surface area contributed by atoms with Crippen molar-refractivity contribution in [1.29, 1.82) is 0 Å². The van der Waals surface area contributed by atoms with Gasteiger partial charge in [0.25, 0.3) is 11.1 Å². The van der Waals surface area contributed by atoms with Crippen molar-refractivity contribution in [1.82, 2.24) is 19.5 Å². The minimum Gasteiger partial charge on any atom is -0.309 e. The topological polar surface area (TPSA) is 80.6 Å². The fraction of sp³-hybridized carbons (Fsp3) is 0.200. The summed E-state index contributed by atoms with van der Waals surface area (Å²) in [6.07, 6.45) is 3.05. The Morgan fingerprint density at radius 3 is 2.67 bits per heavy atom. The molecular weight excluding hydrogens is 452 g/mol. The van der Waals surface area contributed by atoms with Crippen molar-refractivity contribution in [3.8, 4) is 5.69 Å². The third-order valence-electron chi connectivity index (χ3n) is 6.02. The highest BCUT2D eigenvalue weighted by Gasteiger charge is 2.25. The normalized spacial score (nSPS) is 14.1. The van der Waals surface area contributed by atoms with Gasteiger partial charge in [-0.15, -0.1) is 11.3 Å². The van der Waals surface area contributed by atoms with E-state index in [1.165, 1.54) is 22.2 Å². The number of hydrogen-bond acceptors (Lipinski definition) is 6. The minimum atomic E-state index is -0.214. The van der Waals surface area contributed by atoms with Crippen molar-refractivity contribution in [2.24, 2.45) is 0 Å². The van der Waals surface area contributed by atoms with Crippen molar-refractivity contribution in [3.63, 3.8) is 0 Å². The van der Waals surface area contributed by atoms with Crippen LogP contribution in [0.2, 0.25) is 0 Å². The summed E-state index contributed by atoms with van der Waals surface area (Å²) in [5.74, 6) is 0.561. The molecule has 0 saturated carbocycles. The Bertz CT molecular complexity index is 1640. The van der Waals surface area contributed by atoms with E-state index in [9.17, 15) is 9.59 Å². The summed E-state index contributed by atoms with van der Waals surface area (Å²) < 4.78 is 1.70. The SMILES string of the molecule is CC(Sc1nc2sc3c(c2c(=O)n1-c1ccccc1)CCC3)c1nc2ccccc2c(=O)[nH]1. The van der Waals surface area contributed by atoms with Crippen LogP contribution < -0.4 is 11.1 Å². The molecule has 6 nitrogen and oxygen atoms in total. The molecule has 0 spiro atoms. The van der Waals surface area contributed by atoms with E-state index in [2.05, 4.69) is 9.97 Å². The van der Waals surface area contributed by atoms with Gasteiger partial charge in [-0.3, -0.25) is 14.2 Å². The molecule has 3 aromatic heterocycles. The molecule has 8 heteroatoms. The summed E-state index contributed by atoms with van der Waals surface area (Å²) >= 11 is 3.07. The highest BCUT2D eigenvalue weighted by molar-refractivity contribution is 7.99. The van der Waals surface area contributed by atoms with E-state index in [0.717, 1.165) is 35.2 Å². The lowest BCUT2D eigenvalue weighted by Gasteiger charge is -2.16. The van der Waals surface area contributed by atoms with Crippen LogP contribution in [0.5, 0.6) is 0 Å². The van der Waals surface area contributed by atoms with Crippen molar-refractivity contribution in [2.45, 2.75) is 36.6 Å². The molecule has 0 amide bonds. The van der Waals surface area contributed by atoms with Gasteiger partial charge in [0.1, 0.15) is 10.7 Å². The molecule has 0 bridgehead atoms. The molecule has 1 aliphatic carbocycles. The second-order valence-corrected chi connectivity index (χ2v) is 10.5. The fourth-order valence-electron chi connectivity index (χ4n) is 4.42. The molecule has 33 heavy (non-hydrogen) atoms. The van der Waals surface area contributed by atoms with Crippen LogP contribution >= 0.6 is 23.1 Å². The maximum Gasteiger partial charge on any atom is 0.267 e. The van der Waals surface area contributed by atoms with Gasteiger partial charge in [0.2, 0.25) is 0 Å². The Morgan fingerprint density at radius 2 is 1.82 bits per heavy atom. The third kappa shape index (κ3) is 3.41. The minimum absolute atomic E-state index is 0.0275. The number of thiophene rings is 1. The molecule has 1 unspecified atom stereocenters. The highest BCUT2D eigenvalue weighted by atomic mass is 32.2. The Hall–Kier alpha value is -3.23. The van der Waals surface area contributed by atoms with Crippen molar-refractivity contribution in [3.05, 3.63) is 91.6 Å². The Labute approximate surface area is 197 Å². The van der Waals surface area contributed by atoms with E-state index < -0.39 is 0 Å². The van der Waals surface area contributed by atoms with E-state index in [1.54, 1.807) is 22.0 Å². The molecule has 0 aliphatic heterocycles. The average Bonchev–Trinajstić information content (AvgIpc) is 3.41. The molecule has 1 atom stereocenters. The maximum absolute atomic E-state index is 13.8. The van der Waals surface area contributed by atoms with E-state index in [-0.39, 0.29) is 16.4 Å². The zero-order valence-electron chi connectivity index (χ0n) is 17.9. The van der Waals surface area contributed by atoms with Gasteiger partial charge >= 0.3 is 0 Å². The van der Waals surface area contributed by atoms with Crippen molar-refractivity contribution >= 4 is 44.2 Å². The van der Waals surface area contributed by atoms with Crippen LogP contribution in [-0.4, -0.2) is 19.5 Å². The first-order chi connectivity index (χ1) is 16.1. The van der Waals surface area contributed by atoms with Gasteiger partial charge in [-0.1, -0.05) is 42.1 Å². The number of aromatic amines is 1. The standard InChI is InChI=1S/C25H20N4O2S2/c1-14(21-26-18-12-6-5-10-16(18)22(30)27-21)32-25-28-23-20(17-11-7-13-19(17)33-23)24(31)29(25)15-8-3-2-4-9-15/h2-6,8-10,12,14H,7,11,13H2,1H3,(H,26,27,30). The Balaban J connectivity index is 1.51. The molecule has 1 aliphatic rings. The predicted molar refractivity (Wildman–Crippen MR) is 134 cm³/mol. The second-order valence-electron chi connectivity index (χ2n) is 8.14. The van der Waals surface area contributed by atoms with Crippen LogP contribution in [0.3, 0.4) is 0 Å². The lowest BCUT2D eigenvalue weighted by Crippen LogP contribution is -2.22. The lowest BCUT2D eigenvalue weighted by atomic mass is 10.2. The van der Waals surface area contributed by atoms with Gasteiger partial charge in [0.15, 0.2) is 5.16 Å². The second kappa shape index (κ2) is 7.97. The number of fused-ring (bicyclic) bond motifs is 4. The maximum atomic E-state index is 13.8. The zero-order valence-corrected chi connectivity index (χ0v) is 19.5. The van der Waals surface area contributed by atoms with E-state index >= 15 is 0 Å². The van der Waals surface area contributed by atoms with E-state index in [0.29, 0.717) is 21.9 Å². The number of thioether (sulfide) groups is 1. The number of nitrogens with zero attached hydrogens (tertiary/aromatic N) is 3. The fourth-order valence-corrected chi connectivity index (χ4v) is 6.71. The summed E-state index contributed by atoms with van der Waals surface area (Å²) in [6, 6.07) is 16.9. The summed E-state index contributed by atoms with van der Waals surface area (Å²) in [5.41, 5.74) is 2.41.